The van der Waals surface area contributed by atoms with E-state index in [-0.39, 0.29) is 0 Å². The number of hydrogen-bond donors (Lipinski definition) is 0. The smallest absolute Gasteiger partial charge is 0.132 e. The average molecular weight is 185 g/mol. The molecule has 0 aliphatic rings. The van der Waals surface area contributed by atoms with Gasteiger partial charge in [-0.05, 0) is 6.07 Å². The Balaban J connectivity index is 1.96. The van der Waals surface area contributed by atoms with Crippen molar-refractivity contribution < 1.29 is 4.74 Å². The van der Waals surface area contributed by atoms with Crippen LogP contribution in [0.4, 0.5) is 0 Å². The van der Waals surface area contributed by atoms with E-state index in [1.54, 1.807) is 18.6 Å². The van der Waals surface area contributed by atoms with Crippen LogP contribution in [0.2, 0.25) is 0 Å². The normalized spacial score (nSPS) is 9.71. The summed E-state index contributed by atoms with van der Waals surface area (Å²) in [6.45, 7) is 0.425. The van der Waals surface area contributed by atoms with Crippen LogP contribution in [0.15, 0.2) is 42.9 Å². The highest BCUT2D eigenvalue weighted by atomic mass is 16.5. The summed E-state index contributed by atoms with van der Waals surface area (Å²) in [6.07, 6.45) is 4.97. The Morgan fingerprint density at radius 3 is 3.00 bits per heavy atom. The monoisotopic (exact) mass is 185 g/mol. The molecule has 1 radical (unpaired) electrons. The van der Waals surface area contributed by atoms with Gasteiger partial charge < -0.3 is 4.74 Å². The Hall–Kier alpha value is -1.90. The van der Waals surface area contributed by atoms with Crippen LogP contribution in [0.1, 0.15) is 5.69 Å². The van der Waals surface area contributed by atoms with Crippen molar-refractivity contribution in [1.82, 2.24) is 9.97 Å². The highest BCUT2D eigenvalue weighted by molar-refractivity contribution is 5.19. The predicted molar refractivity (Wildman–Crippen MR) is 51.6 cm³/mol. The zero-order chi connectivity index (χ0) is 9.64. The minimum atomic E-state index is 0.425. The molecule has 0 unspecified atom stereocenters. The van der Waals surface area contributed by atoms with Crippen molar-refractivity contribution in [2.45, 2.75) is 6.61 Å². The average Bonchev–Trinajstić information content (AvgIpc) is 2.29. The Morgan fingerprint density at radius 2 is 2.29 bits per heavy atom. The summed E-state index contributed by atoms with van der Waals surface area (Å²) >= 11 is 0. The lowest BCUT2D eigenvalue weighted by molar-refractivity contribution is 0.300. The molecular formula is C11H9N2O. The summed E-state index contributed by atoms with van der Waals surface area (Å²) in [7, 11) is 0. The van der Waals surface area contributed by atoms with Crippen LogP contribution >= 0.6 is 0 Å². The van der Waals surface area contributed by atoms with E-state index >= 15 is 0 Å². The van der Waals surface area contributed by atoms with Crippen molar-refractivity contribution in [3.05, 3.63) is 54.6 Å². The minimum Gasteiger partial charge on any atom is -0.487 e. The molecule has 0 aliphatic heterocycles. The predicted octanol–water partition coefficient (Wildman–Crippen LogP) is 1.86. The number of ether oxygens (including phenoxy) is 1. The minimum absolute atomic E-state index is 0.425. The van der Waals surface area contributed by atoms with Crippen molar-refractivity contribution in [2.24, 2.45) is 0 Å². The van der Waals surface area contributed by atoms with Crippen LogP contribution in [0, 0.1) is 6.07 Å². The fourth-order valence-corrected chi connectivity index (χ4v) is 1.02. The molecule has 1 heterocycles. The Bertz CT molecular complexity index is 336. The van der Waals surface area contributed by atoms with Gasteiger partial charge in [0.2, 0.25) is 0 Å². The second-order valence-corrected chi connectivity index (χ2v) is 2.71. The maximum Gasteiger partial charge on any atom is 0.132 e. The molecule has 0 saturated heterocycles. The maximum absolute atomic E-state index is 5.43. The van der Waals surface area contributed by atoms with Crippen molar-refractivity contribution in [3.63, 3.8) is 0 Å². The van der Waals surface area contributed by atoms with Crippen molar-refractivity contribution >= 4 is 0 Å². The van der Waals surface area contributed by atoms with Gasteiger partial charge in [-0.25, -0.2) is 0 Å². The first-order chi connectivity index (χ1) is 6.95. The van der Waals surface area contributed by atoms with Gasteiger partial charge in [-0.3, -0.25) is 9.97 Å². The molecule has 69 valence electrons. The SMILES string of the molecule is [c]1ccccc1OCc1cnccn1. The molecule has 2 rings (SSSR count). The van der Waals surface area contributed by atoms with E-state index < -0.39 is 0 Å². The standard InChI is InChI=1S/C11H9N2O/c1-2-4-11(5-3-1)14-9-10-8-12-6-7-13-10/h1-4,6-8H,9H2. The van der Waals surface area contributed by atoms with Crippen LogP contribution in [0.3, 0.4) is 0 Å². The van der Waals surface area contributed by atoms with Crippen LogP contribution < -0.4 is 4.74 Å². The fraction of sp³-hybridized carbons (Fsp3) is 0.0909. The molecule has 2 aromatic rings. The summed E-state index contributed by atoms with van der Waals surface area (Å²) in [4.78, 5) is 8.04. The second-order valence-electron chi connectivity index (χ2n) is 2.71. The number of hydrogen-bond acceptors (Lipinski definition) is 3. The quantitative estimate of drug-likeness (QED) is 0.732. The summed E-state index contributed by atoms with van der Waals surface area (Å²) in [5, 5.41) is 0. The topological polar surface area (TPSA) is 35.0 Å². The molecule has 1 aromatic heterocycles. The largest absolute Gasteiger partial charge is 0.487 e. The molecule has 0 atom stereocenters. The highest BCUT2D eigenvalue weighted by Crippen LogP contribution is 2.08. The Kier molecular flexibility index (Phi) is 2.71. The zero-order valence-corrected chi connectivity index (χ0v) is 7.55. The number of para-hydroxylation sites is 1. The van der Waals surface area contributed by atoms with E-state index in [9.17, 15) is 0 Å². The van der Waals surface area contributed by atoms with E-state index in [2.05, 4.69) is 16.0 Å². The van der Waals surface area contributed by atoms with Gasteiger partial charge in [0.15, 0.2) is 0 Å². The van der Waals surface area contributed by atoms with Crippen LogP contribution in [0.25, 0.3) is 0 Å². The molecule has 0 fully saturated rings. The third kappa shape index (κ3) is 2.29. The van der Waals surface area contributed by atoms with Gasteiger partial charge in [0.1, 0.15) is 12.4 Å². The molecule has 0 bridgehead atoms. The third-order valence-corrected chi connectivity index (χ3v) is 1.67. The van der Waals surface area contributed by atoms with Crippen molar-refractivity contribution in [2.75, 3.05) is 0 Å². The summed E-state index contributed by atoms with van der Waals surface area (Å²) in [6, 6.07) is 10.4. The van der Waals surface area contributed by atoms with E-state index in [0.29, 0.717) is 6.61 Å². The third-order valence-electron chi connectivity index (χ3n) is 1.67. The second kappa shape index (κ2) is 4.37. The lowest BCUT2D eigenvalue weighted by atomic mass is 10.3. The van der Waals surface area contributed by atoms with E-state index in [0.717, 1.165) is 11.4 Å². The summed E-state index contributed by atoms with van der Waals surface area (Å²) in [5.74, 6) is 0.721. The lowest BCUT2D eigenvalue weighted by Gasteiger charge is -2.03. The number of nitrogens with zero attached hydrogens (tertiary/aromatic N) is 2. The molecule has 3 heteroatoms. The Labute approximate surface area is 82.4 Å². The summed E-state index contributed by atoms with van der Waals surface area (Å²) in [5.41, 5.74) is 0.810. The van der Waals surface area contributed by atoms with E-state index in [4.69, 9.17) is 4.74 Å². The summed E-state index contributed by atoms with van der Waals surface area (Å²) < 4.78 is 5.43. The van der Waals surface area contributed by atoms with Gasteiger partial charge in [0, 0.05) is 18.5 Å². The van der Waals surface area contributed by atoms with Gasteiger partial charge in [-0.15, -0.1) is 0 Å². The molecule has 0 saturated carbocycles. The highest BCUT2D eigenvalue weighted by Gasteiger charge is 1.95. The van der Waals surface area contributed by atoms with Gasteiger partial charge in [-0.2, -0.15) is 0 Å². The molecule has 0 aliphatic carbocycles. The molecule has 0 spiro atoms. The number of aromatic nitrogens is 2. The van der Waals surface area contributed by atoms with Crippen LogP contribution in [0.5, 0.6) is 5.75 Å². The van der Waals surface area contributed by atoms with Crippen molar-refractivity contribution in [3.8, 4) is 5.75 Å². The first-order valence-electron chi connectivity index (χ1n) is 4.29. The molecule has 0 N–H and O–H groups in total. The fourth-order valence-electron chi connectivity index (χ4n) is 1.02. The first-order valence-corrected chi connectivity index (χ1v) is 4.29. The van der Waals surface area contributed by atoms with Gasteiger partial charge >= 0.3 is 0 Å². The first kappa shape index (κ1) is 8.69. The Morgan fingerprint density at radius 1 is 1.29 bits per heavy atom. The van der Waals surface area contributed by atoms with Gasteiger partial charge in [0.05, 0.1) is 11.9 Å². The molecular weight excluding hydrogens is 176 g/mol. The van der Waals surface area contributed by atoms with Crippen molar-refractivity contribution in [1.29, 1.82) is 0 Å². The van der Waals surface area contributed by atoms with E-state index in [1.807, 2.05) is 24.3 Å². The van der Waals surface area contributed by atoms with Gasteiger partial charge in [-0.1, -0.05) is 18.2 Å². The maximum atomic E-state index is 5.43. The molecule has 1 aromatic carbocycles. The van der Waals surface area contributed by atoms with Crippen LogP contribution in [-0.4, -0.2) is 9.97 Å². The number of rotatable bonds is 3. The van der Waals surface area contributed by atoms with E-state index in [1.165, 1.54) is 0 Å². The van der Waals surface area contributed by atoms with Gasteiger partial charge in [0.25, 0.3) is 0 Å². The molecule has 3 nitrogen and oxygen atoms in total. The zero-order valence-electron chi connectivity index (χ0n) is 7.55. The lowest BCUT2D eigenvalue weighted by Crippen LogP contribution is -1.98. The number of benzene rings is 1. The molecule has 14 heavy (non-hydrogen) atoms. The molecule has 0 amide bonds. The van der Waals surface area contributed by atoms with Crippen LogP contribution in [-0.2, 0) is 6.61 Å².